The molecule has 0 radical (unpaired) electrons. The van der Waals surface area contributed by atoms with Crippen molar-refractivity contribution in [3.63, 3.8) is 0 Å². The molecule has 0 aromatic carbocycles. The second-order valence-corrected chi connectivity index (χ2v) is 3.40. The van der Waals surface area contributed by atoms with Gasteiger partial charge in [0.25, 0.3) is 0 Å². The van der Waals surface area contributed by atoms with Gasteiger partial charge in [-0.15, -0.1) is 24.5 Å². The largest absolute Gasteiger partial charge is 0.573 e. The Hall–Kier alpha value is -1.86. The number of alkyl halides is 3. The number of ether oxygens (including phenoxy) is 2. The van der Waals surface area contributed by atoms with Crippen molar-refractivity contribution in [2.45, 2.75) is 6.36 Å². The van der Waals surface area contributed by atoms with Crippen molar-refractivity contribution in [2.75, 3.05) is 7.11 Å². The molecule has 0 bridgehead atoms. The van der Waals surface area contributed by atoms with Crippen molar-refractivity contribution in [2.24, 2.45) is 4.99 Å². The number of esters is 1. The van der Waals surface area contributed by atoms with Gasteiger partial charge in [-0.2, -0.15) is 4.99 Å². The Bertz CT molecular complexity index is 476. The molecule has 0 spiro atoms. The van der Waals surface area contributed by atoms with Crippen LogP contribution in [0.4, 0.5) is 18.9 Å². The highest BCUT2D eigenvalue weighted by Gasteiger charge is 2.34. The first kappa shape index (κ1) is 13.2. The second kappa shape index (κ2) is 4.98. The topological polar surface area (TPSA) is 65.0 Å². The Balaban J connectivity index is 3.20. The number of halogens is 3. The predicted molar refractivity (Wildman–Crippen MR) is 50.1 cm³/mol. The lowest BCUT2D eigenvalue weighted by Crippen LogP contribution is -2.16. The van der Waals surface area contributed by atoms with E-state index in [1.165, 1.54) is 0 Å². The van der Waals surface area contributed by atoms with Crippen LogP contribution in [0.5, 0.6) is 5.75 Å². The molecular formula is C8H4F3NO4S. The number of carbonyl (C=O) groups is 1. The number of aliphatic imine (C=N–C) groups is 1. The van der Waals surface area contributed by atoms with E-state index in [9.17, 15) is 22.8 Å². The zero-order chi connectivity index (χ0) is 13.1. The van der Waals surface area contributed by atoms with Gasteiger partial charge in [-0.3, -0.25) is 0 Å². The first-order valence-corrected chi connectivity index (χ1v) is 4.80. The molecule has 92 valence electrons. The smallest absolute Gasteiger partial charge is 0.465 e. The van der Waals surface area contributed by atoms with E-state index < -0.39 is 23.8 Å². The van der Waals surface area contributed by atoms with Gasteiger partial charge in [0, 0.05) is 5.38 Å². The molecule has 9 heteroatoms. The van der Waals surface area contributed by atoms with Crippen molar-refractivity contribution in [1.29, 1.82) is 0 Å². The van der Waals surface area contributed by atoms with Gasteiger partial charge < -0.3 is 9.47 Å². The van der Waals surface area contributed by atoms with Crippen LogP contribution in [0.25, 0.3) is 0 Å². The van der Waals surface area contributed by atoms with Crippen LogP contribution in [0.15, 0.2) is 10.4 Å². The summed E-state index contributed by atoms with van der Waals surface area (Å²) in [6.45, 7) is 0. The van der Waals surface area contributed by atoms with Gasteiger partial charge >= 0.3 is 12.3 Å². The highest BCUT2D eigenvalue weighted by atomic mass is 32.1. The Labute approximate surface area is 96.5 Å². The van der Waals surface area contributed by atoms with Crippen molar-refractivity contribution in [3.05, 3.63) is 10.3 Å². The van der Waals surface area contributed by atoms with Crippen LogP contribution in [0.1, 0.15) is 9.67 Å². The van der Waals surface area contributed by atoms with Crippen LogP contribution in [0.2, 0.25) is 0 Å². The molecule has 0 aliphatic rings. The standard InChI is InChI=1S/C8H4F3NO4S/c1-15-7(14)6-5(12-3-13)4(2-17-6)16-8(9,10)11/h2H,1H3. The monoisotopic (exact) mass is 267 g/mol. The van der Waals surface area contributed by atoms with Crippen LogP contribution >= 0.6 is 11.3 Å². The number of carbonyl (C=O) groups excluding carboxylic acids is 2. The van der Waals surface area contributed by atoms with Gasteiger partial charge in [0.15, 0.2) is 5.75 Å². The first-order valence-electron chi connectivity index (χ1n) is 3.92. The van der Waals surface area contributed by atoms with Crippen LogP contribution < -0.4 is 4.74 Å². The maximum Gasteiger partial charge on any atom is 0.573 e. The average Bonchev–Trinajstić information content (AvgIpc) is 2.59. The normalized spacial score (nSPS) is 10.6. The number of rotatable bonds is 3. The summed E-state index contributed by atoms with van der Waals surface area (Å²) in [6, 6.07) is 0. The molecule has 0 aliphatic carbocycles. The molecular weight excluding hydrogens is 263 g/mol. The highest BCUT2D eigenvalue weighted by Crippen LogP contribution is 2.40. The summed E-state index contributed by atoms with van der Waals surface area (Å²) in [6.07, 6.45) is -3.90. The molecule has 1 heterocycles. The number of methoxy groups -OCH3 is 1. The summed E-state index contributed by atoms with van der Waals surface area (Å²) in [5, 5.41) is 0.899. The minimum atomic E-state index is -4.94. The van der Waals surface area contributed by atoms with Crippen LogP contribution in [-0.4, -0.2) is 25.5 Å². The lowest BCUT2D eigenvalue weighted by atomic mass is 10.4. The van der Waals surface area contributed by atoms with Crippen molar-refractivity contribution in [1.82, 2.24) is 0 Å². The van der Waals surface area contributed by atoms with Gasteiger partial charge in [0.1, 0.15) is 10.6 Å². The third-order valence-electron chi connectivity index (χ3n) is 1.49. The molecule has 17 heavy (non-hydrogen) atoms. The SMILES string of the molecule is COC(=O)c1scc(OC(F)(F)F)c1N=C=O. The zero-order valence-corrected chi connectivity index (χ0v) is 9.02. The van der Waals surface area contributed by atoms with E-state index in [2.05, 4.69) is 14.5 Å². The van der Waals surface area contributed by atoms with Gasteiger partial charge in [0.05, 0.1) is 7.11 Å². The highest BCUT2D eigenvalue weighted by molar-refractivity contribution is 7.13. The van der Waals surface area contributed by atoms with E-state index in [0.717, 1.165) is 18.6 Å². The summed E-state index contributed by atoms with van der Waals surface area (Å²) in [5.41, 5.74) is -0.547. The van der Waals surface area contributed by atoms with E-state index in [1.807, 2.05) is 0 Å². The fourth-order valence-electron chi connectivity index (χ4n) is 0.922. The van der Waals surface area contributed by atoms with Crippen LogP contribution in [0.3, 0.4) is 0 Å². The third kappa shape index (κ3) is 3.30. The number of nitrogens with zero attached hydrogens (tertiary/aromatic N) is 1. The molecule has 0 saturated heterocycles. The van der Waals surface area contributed by atoms with E-state index >= 15 is 0 Å². The fourth-order valence-corrected chi connectivity index (χ4v) is 1.74. The zero-order valence-electron chi connectivity index (χ0n) is 8.20. The molecule has 0 saturated carbocycles. The Kier molecular flexibility index (Phi) is 3.87. The van der Waals surface area contributed by atoms with E-state index in [4.69, 9.17) is 0 Å². The van der Waals surface area contributed by atoms with Crippen LogP contribution in [-0.2, 0) is 9.53 Å². The number of hydrogen-bond donors (Lipinski definition) is 0. The number of hydrogen-bond acceptors (Lipinski definition) is 6. The number of isocyanates is 1. The molecule has 1 aromatic heterocycles. The minimum absolute atomic E-state index is 0.268. The molecule has 0 unspecified atom stereocenters. The molecule has 5 nitrogen and oxygen atoms in total. The Morgan fingerprint density at radius 1 is 1.53 bits per heavy atom. The first-order chi connectivity index (χ1) is 7.89. The van der Waals surface area contributed by atoms with E-state index in [0.29, 0.717) is 11.3 Å². The fraction of sp³-hybridized carbons (Fsp3) is 0.250. The molecule has 0 aliphatic heterocycles. The van der Waals surface area contributed by atoms with Crippen molar-refractivity contribution in [3.8, 4) is 5.75 Å². The molecule has 0 N–H and O–H groups in total. The quantitative estimate of drug-likeness (QED) is 0.479. The minimum Gasteiger partial charge on any atom is -0.465 e. The summed E-state index contributed by atoms with van der Waals surface area (Å²) < 4.78 is 43.8. The third-order valence-corrected chi connectivity index (χ3v) is 2.41. The Morgan fingerprint density at radius 2 is 2.18 bits per heavy atom. The summed E-state index contributed by atoms with van der Waals surface area (Å²) in [7, 11) is 1.04. The molecule has 1 rings (SSSR count). The molecule has 0 amide bonds. The maximum atomic E-state index is 12.0. The van der Waals surface area contributed by atoms with Gasteiger partial charge in [-0.05, 0) is 0 Å². The van der Waals surface area contributed by atoms with Crippen molar-refractivity contribution < 1.29 is 32.2 Å². The van der Waals surface area contributed by atoms with Gasteiger partial charge in [-0.1, -0.05) is 0 Å². The number of thiophene rings is 1. The predicted octanol–water partition coefficient (Wildman–Crippen LogP) is 2.40. The van der Waals surface area contributed by atoms with E-state index in [1.54, 1.807) is 0 Å². The van der Waals surface area contributed by atoms with Crippen LogP contribution in [0, 0.1) is 0 Å². The Morgan fingerprint density at radius 3 is 2.65 bits per heavy atom. The molecule has 0 atom stereocenters. The van der Waals surface area contributed by atoms with Gasteiger partial charge in [-0.25, -0.2) is 9.59 Å². The van der Waals surface area contributed by atoms with Gasteiger partial charge in [0.2, 0.25) is 6.08 Å². The van der Waals surface area contributed by atoms with Crippen molar-refractivity contribution >= 4 is 29.1 Å². The summed E-state index contributed by atoms with van der Waals surface area (Å²) >= 11 is 0.617. The lowest BCUT2D eigenvalue weighted by molar-refractivity contribution is -0.274. The van der Waals surface area contributed by atoms with E-state index in [-0.39, 0.29) is 4.88 Å². The lowest BCUT2D eigenvalue weighted by Gasteiger charge is -2.07. The maximum absolute atomic E-state index is 12.0. The summed E-state index contributed by atoms with van der Waals surface area (Å²) in [5.74, 6) is -1.66. The average molecular weight is 267 g/mol. The molecule has 1 aromatic rings. The summed E-state index contributed by atoms with van der Waals surface area (Å²) in [4.78, 5) is 24.0. The second-order valence-electron chi connectivity index (χ2n) is 2.52. The molecule has 0 fully saturated rings.